The van der Waals surface area contributed by atoms with Crippen molar-refractivity contribution >= 4 is 22.9 Å². The fourth-order valence-corrected chi connectivity index (χ4v) is 7.21. The number of ether oxygens (including phenoxy) is 1. The van der Waals surface area contributed by atoms with E-state index in [1.165, 1.54) is 22.3 Å². The van der Waals surface area contributed by atoms with Crippen LogP contribution in [0.25, 0.3) is 16.7 Å². The molecule has 256 valence electrons. The van der Waals surface area contributed by atoms with Crippen molar-refractivity contribution in [1.82, 2.24) is 4.98 Å². The zero-order chi connectivity index (χ0) is 34.8. The lowest BCUT2D eigenvalue weighted by atomic mass is 9.90. The molecule has 2 aromatic carbocycles. The Hall–Kier alpha value is -3.99. The molecular formula is C44H51ClN2O2. The molecule has 2 heterocycles. The molecule has 1 aliphatic carbocycles. The molecule has 0 bridgehead atoms. The largest absolute Gasteiger partial charge is 0.501 e. The maximum absolute atomic E-state index is 10.0. The van der Waals surface area contributed by atoms with Crippen molar-refractivity contribution < 1.29 is 9.84 Å². The molecule has 49 heavy (non-hydrogen) atoms. The van der Waals surface area contributed by atoms with Gasteiger partial charge in [0.15, 0.2) is 0 Å². The topological polar surface area (TPSA) is 54.7 Å². The minimum atomic E-state index is -0.280. The molecule has 5 rings (SSSR count). The molecule has 3 aromatic rings. The number of aryl methyl sites for hydroxylation is 2. The van der Waals surface area contributed by atoms with Crippen molar-refractivity contribution in [1.29, 1.82) is 0 Å². The zero-order valence-electron chi connectivity index (χ0n) is 29.7. The predicted octanol–water partition coefficient (Wildman–Crippen LogP) is 11.5. The third-order valence-corrected chi connectivity index (χ3v) is 10.2. The number of benzene rings is 2. The SMILES string of the molecule is C=C(CCC(O)CC)CC1=C(OC)CC/C=C(\c2cccc(-c3cccc(CCCC4=N/C(C)=C\CCc5cccnc54)c3C)c2Cl)C=C1. The van der Waals surface area contributed by atoms with Gasteiger partial charge in [-0.2, -0.15) is 0 Å². The Morgan fingerprint density at radius 3 is 2.55 bits per heavy atom. The van der Waals surface area contributed by atoms with Crippen LogP contribution in [0.3, 0.4) is 0 Å². The van der Waals surface area contributed by atoms with Gasteiger partial charge in [0.1, 0.15) is 0 Å². The van der Waals surface area contributed by atoms with Gasteiger partial charge in [-0.05, 0) is 118 Å². The molecule has 2 aliphatic rings. The van der Waals surface area contributed by atoms with Crippen molar-refractivity contribution in [2.45, 2.75) is 97.5 Å². The minimum Gasteiger partial charge on any atom is -0.501 e. The van der Waals surface area contributed by atoms with Crippen LogP contribution in [0.15, 0.2) is 113 Å². The Morgan fingerprint density at radius 1 is 0.959 bits per heavy atom. The van der Waals surface area contributed by atoms with E-state index >= 15 is 0 Å². The predicted molar refractivity (Wildman–Crippen MR) is 207 cm³/mol. The van der Waals surface area contributed by atoms with Crippen LogP contribution in [0, 0.1) is 6.92 Å². The number of nitrogens with zero attached hydrogens (tertiary/aromatic N) is 2. The molecule has 1 aliphatic heterocycles. The highest BCUT2D eigenvalue weighted by molar-refractivity contribution is 6.35. The van der Waals surface area contributed by atoms with E-state index in [2.05, 4.69) is 87.2 Å². The van der Waals surface area contributed by atoms with Crippen LogP contribution in [0.1, 0.15) is 99.6 Å². The van der Waals surface area contributed by atoms with Gasteiger partial charge >= 0.3 is 0 Å². The number of halogens is 1. The molecule has 0 saturated heterocycles. The van der Waals surface area contributed by atoms with Gasteiger partial charge in [0.2, 0.25) is 0 Å². The first-order chi connectivity index (χ1) is 23.8. The van der Waals surface area contributed by atoms with Crippen LogP contribution in [-0.4, -0.2) is 29.0 Å². The van der Waals surface area contributed by atoms with Gasteiger partial charge in [-0.3, -0.25) is 9.98 Å². The molecule has 1 atom stereocenters. The Bertz CT molecular complexity index is 1810. The Kier molecular flexibility index (Phi) is 13.0. The van der Waals surface area contributed by atoms with Gasteiger partial charge < -0.3 is 9.84 Å². The number of fused-ring (bicyclic) bond motifs is 1. The number of aromatic nitrogens is 1. The van der Waals surface area contributed by atoms with Crippen LogP contribution in [-0.2, 0) is 17.6 Å². The molecule has 0 fully saturated rings. The molecule has 5 heteroatoms. The lowest BCUT2D eigenvalue weighted by molar-refractivity contribution is 0.160. The van der Waals surface area contributed by atoms with Gasteiger partial charge in [-0.15, -0.1) is 0 Å². The van der Waals surface area contributed by atoms with Gasteiger partial charge in [-0.1, -0.05) is 97.4 Å². The summed E-state index contributed by atoms with van der Waals surface area (Å²) in [5.41, 5.74) is 13.7. The van der Waals surface area contributed by atoms with E-state index in [4.69, 9.17) is 26.3 Å². The summed E-state index contributed by atoms with van der Waals surface area (Å²) < 4.78 is 5.82. The molecule has 1 unspecified atom stereocenters. The third-order valence-electron chi connectivity index (χ3n) is 9.78. The second-order valence-electron chi connectivity index (χ2n) is 13.3. The summed E-state index contributed by atoms with van der Waals surface area (Å²) >= 11 is 7.28. The van der Waals surface area contributed by atoms with E-state index in [1.807, 2.05) is 19.2 Å². The maximum Gasteiger partial charge on any atom is 0.0993 e. The smallest absolute Gasteiger partial charge is 0.0993 e. The molecule has 0 amide bonds. The quantitative estimate of drug-likeness (QED) is 0.184. The summed E-state index contributed by atoms with van der Waals surface area (Å²) in [6, 6.07) is 17.2. The average Bonchev–Trinajstić information content (AvgIpc) is 3.09. The Balaban J connectivity index is 1.34. The minimum absolute atomic E-state index is 0.280. The van der Waals surface area contributed by atoms with Crippen molar-refractivity contribution in [3.63, 3.8) is 0 Å². The lowest BCUT2D eigenvalue weighted by Gasteiger charge is -2.18. The molecule has 4 nitrogen and oxygen atoms in total. The fourth-order valence-electron chi connectivity index (χ4n) is 6.87. The highest BCUT2D eigenvalue weighted by Gasteiger charge is 2.17. The van der Waals surface area contributed by atoms with E-state index in [9.17, 15) is 5.11 Å². The van der Waals surface area contributed by atoms with Crippen molar-refractivity contribution in [2.75, 3.05) is 7.11 Å². The molecule has 0 spiro atoms. The molecule has 0 saturated carbocycles. The lowest BCUT2D eigenvalue weighted by Crippen LogP contribution is -2.10. The van der Waals surface area contributed by atoms with Crippen molar-refractivity contribution in [2.24, 2.45) is 4.99 Å². The van der Waals surface area contributed by atoms with Crippen molar-refractivity contribution in [3.8, 4) is 11.1 Å². The number of aliphatic hydroxyl groups excluding tert-OH is 1. The van der Waals surface area contributed by atoms with Crippen LogP contribution >= 0.6 is 11.6 Å². The highest BCUT2D eigenvalue weighted by atomic mass is 35.5. The molecule has 1 aromatic heterocycles. The summed E-state index contributed by atoms with van der Waals surface area (Å²) in [5.74, 6) is 0.990. The number of hydrogen-bond donors (Lipinski definition) is 1. The first kappa shape index (κ1) is 36.3. The van der Waals surface area contributed by atoms with Crippen LogP contribution < -0.4 is 0 Å². The van der Waals surface area contributed by atoms with Gasteiger partial charge in [0, 0.05) is 29.4 Å². The third kappa shape index (κ3) is 9.38. The van der Waals surface area contributed by atoms with E-state index in [0.717, 1.165) is 126 Å². The number of rotatable bonds is 13. The number of pyridine rings is 1. The summed E-state index contributed by atoms with van der Waals surface area (Å²) in [6.07, 6.45) is 19.9. The number of hydrogen-bond acceptors (Lipinski definition) is 4. The molecule has 0 radical (unpaired) electrons. The van der Waals surface area contributed by atoms with E-state index in [1.54, 1.807) is 7.11 Å². The van der Waals surface area contributed by atoms with Crippen LogP contribution in [0.4, 0.5) is 0 Å². The van der Waals surface area contributed by atoms with Crippen LogP contribution in [0.5, 0.6) is 0 Å². The second-order valence-corrected chi connectivity index (χ2v) is 13.7. The number of aliphatic imine (C=N–C) groups is 1. The first-order valence-electron chi connectivity index (χ1n) is 17.8. The number of aliphatic hydroxyl groups is 1. The van der Waals surface area contributed by atoms with E-state index < -0.39 is 0 Å². The highest BCUT2D eigenvalue weighted by Crippen LogP contribution is 2.38. The van der Waals surface area contributed by atoms with Crippen molar-refractivity contribution in [3.05, 3.63) is 141 Å². The molecular weight excluding hydrogens is 624 g/mol. The summed E-state index contributed by atoms with van der Waals surface area (Å²) in [5, 5.41) is 10.8. The summed E-state index contributed by atoms with van der Waals surface area (Å²) in [7, 11) is 1.75. The Labute approximate surface area is 298 Å². The average molecular weight is 675 g/mol. The van der Waals surface area contributed by atoms with E-state index in [0.29, 0.717) is 0 Å². The normalized spacial score (nSPS) is 17.7. The fraction of sp³-hybridized carbons (Fsp3) is 0.364. The maximum atomic E-state index is 10.0. The zero-order valence-corrected chi connectivity index (χ0v) is 30.5. The standard InChI is InChI=1S/C44H51ClN2O2/c1-6-37(48)27-24-30(2)29-36-26-25-34(16-10-23-42(36)49-5)39-20-11-21-40(43(39)45)38-19-8-14-33(32(38)4)15-9-22-41-44-35(18-12-28-46-44)17-7-13-31(3)47-41/h8,11-14,16,18-21,25-26,28,37,48H,2,6-7,9-10,15,17,22-24,27,29H2,1,3-5H3/b26-25?,31-13-,34-16-,42-36?,47-41?. The van der Waals surface area contributed by atoms with Gasteiger partial charge in [-0.25, -0.2) is 0 Å². The number of methoxy groups -OCH3 is 1. The summed E-state index contributed by atoms with van der Waals surface area (Å²) in [4.78, 5) is 9.72. The number of allylic oxidation sites excluding steroid dienone is 9. The monoisotopic (exact) mass is 674 g/mol. The molecule has 1 N–H and O–H groups in total. The first-order valence-corrected chi connectivity index (χ1v) is 18.2. The van der Waals surface area contributed by atoms with Gasteiger partial charge in [0.05, 0.1) is 35.4 Å². The van der Waals surface area contributed by atoms with Gasteiger partial charge in [0.25, 0.3) is 0 Å². The summed E-state index contributed by atoms with van der Waals surface area (Å²) in [6.45, 7) is 10.6. The van der Waals surface area contributed by atoms with Crippen LogP contribution in [0.2, 0.25) is 5.02 Å². The second kappa shape index (κ2) is 17.6. The van der Waals surface area contributed by atoms with E-state index in [-0.39, 0.29) is 6.10 Å². The Morgan fingerprint density at radius 2 is 1.73 bits per heavy atom.